The highest BCUT2D eigenvalue weighted by Gasteiger charge is 2.04. The Morgan fingerprint density at radius 3 is 2.80 bits per heavy atom. The fraction of sp³-hybridized carbons (Fsp3) is 0.364. The highest BCUT2D eigenvalue weighted by atomic mass is 19.1. The van der Waals surface area contributed by atoms with Gasteiger partial charge in [-0.15, -0.1) is 0 Å². The number of hydrogen-bond acceptors (Lipinski definition) is 2. The molecule has 4 heteroatoms. The van der Waals surface area contributed by atoms with Gasteiger partial charge in [-0.05, 0) is 31.8 Å². The van der Waals surface area contributed by atoms with Crippen molar-refractivity contribution in [2.24, 2.45) is 0 Å². The smallest absolute Gasteiger partial charge is 0.207 e. The summed E-state index contributed by atoms with van der Waals surface area (Å²) in [5, 5.41) is 2.55. The van der Waals surface area contributed by atoms with Gasteiger partial charge in [0.1, 0.15) is 5.82 Å². The first-order chi connectivity index (χ1) is 7.13. The number of rotatable bonds is 5. The summed E-state index contributed by atoms with van der Waals surface area (Å²) >= 11 is 0. The minimum absolute atomic E-state index is 0.210. The molecule has 0 spiro atoms. The van der Waals surface area contributed by atoms with E-state index >= 15 is 0 Å². The maximum atomic E-state index is 13.3. The Morgan fingerprint density at radius 2 is 2.20 bits per heavy atom. The third-order valence-electron chi connectivity index (χ3n) is 1.99. The SMILES string of the molecule is CN(C)Cc1cc(CNC=O)ccc1F. The third-order valence-corrected chi connectivity index (χ3v) is 1.99. The van der Waals surface area contributed by atoms with E-state index in [0.717, 1.165) is 5.56 Å². The Balaban J connectivity index is 2.79. The van der Waals surface area contributed by atoms with Crippen molar-refractivity contribution in [2.45, 2.75) is 13.1 Å². The molecule has 0 fully saturated rings. The van der Waals surface area contributed by atoms with Gasteiger partial charge < -0.3 is 10.2 Å². The Labute approximate surface area is 88.9 Å². The van der Waals surface area contributed by atoms with Gasteiger partial charge >= 0.3 is 0 Å². The first-order valence-electron chi connectivity index (χ1n) is 4.72. The molecule has 1 rings (SSSR count). The van der Waals surface area contributed by atoms with E-state index < -0.39 is 0 Å². The van der Waals surface area contributed by atoms with E-state index in [-0.39, 0.29) is 5.82 Å². The molecule has 0 aliphatic heterocycles. The molecule has 0 aliphatic rings. The van der Waals surface area contributed by atoms with Crippen LogP contribution >= 0.6 is 0 Å². The minimum Gasteiger partial charge on any atom is -0.355 e. The summed E-state index contributed by atoms with van der Waals surface area (Å²) in [4.78, 5) is 12.0. The van der Waals surface area contributed by atoms with E-state index in [9.17, 15) is 9.18 Å². The quantitative estimate of drug-likeness (QED) is 0.739. The number of nitrogens with one attached hydrogen (secondary N) is 1. The fourth-order valence-corrected chi connectivity index (χ4v) is 1.36. The normalized spacial score (nSPS) is 10.4. The molecule has 0 saturated carbocycles. The Bertz CT molecular complexity index is 339. The molecule has 0 aromatic heterocycles. The van der Waals surface area contributed by atoms with E-state index in [0.29, 0.717) is 25.1 Å². The Kier molecular flexibility index (Phi) is 4.24. The first kappa shape index (κ1) is 11.7. The lowest BCUT2D eigenvalue weighted by atomic mass is 10.1. The number of carbonyl (C=O) groups excluding carboxylic acids is 1. The molecule has 3 nitrogen and oxygen atoms in total. The molecule has 1 N–H and O–H groups in total. The van der Waals surface area contributed by atoms with Crippen LogP contribution in [0.25, 0.3) is 0 Å². The average Bonchev–Trinajstić information content (AvgIpc) is 2.18. The zero-order valence-electron chi connectivity index (χ0n) is 8.96. The maximum Gasteiger partial charge on any atom is 0.207 e. The summed E-state index contributed by atoms with van der Waals surface area (Å²) in [6.45, 7) is 0.991. The Hall–Kier alpha value is -1.42. The van der Waals surface area contributed by atoms with Gasteiger partial charge in [-0.3, -0.25) is 4.79 Å². The molecular formula is C11H15FN2O. The largest absolute Gasteiger partial charge is 0.355 e. The number of amides is 1. The van der Waals surface area contributed by atoms with Crippen LogP contribution in [0, 0.1) is 5.82 Å². The lowest BCUT2D eigenvalue weighted by Gasteiger charge is -2.11. The van der Waals surface area contributed by atoms with Gasteiger partial charge in [0.05, 0.1) is 0 Å². The van der Waals surface area contributed by atoms with Crippen molar-refractivity contribution < 1.29 is 9.18 Å². The van der Waals surface area contributed by atoms with Crippen molar-refractivity contribution in [1.29, 1.82) is 0 Å². The second-order valence-corrected chi connectivity index (χ2v) is 3.66. The van der Waals surface area contributed by atoms with Crippen LogP contribution in [0.3, 0.4) is 0 Å². The van der Waals surface area contributed by atoms with Crippen LogP contribution in [0.2, 0.25) is 0 Å². The number of halogens is 1. The molecular weight excluding hydrogens is 195 g/mol. The highest BCUT2D eigenvalue weighted by molar-refractivity contribution is 5.46. The summed E-state index contributed by atoms with van der Waals surface area (Å²) in [7, 11) is 3.77. The summed E-state index contributed by atoms with van der Waals surface area (Å²) < 4.78 is 13.3. The van der Waals surface area contributed by atoms with Crippen molar-refractivity contribution in [3.8, 4) is 0 Å². The molecule has 1 aromatic rings. The zero-order valence-corrected chi connectivity index (χ0v) is 8.96. The van der Waals surface area contributed by atoms with Crippen molar-refractivity contribution >= 4 is 6.41 Å². The number of nitrogens with zero attached hydrogens (tertiary/aromatic N) is 1. The molecule has 1 aromatic carbocycles. The van der Waals surface area contributed by atoms with Gasteiger partial charge in [-0.1, -0.05) is 6.07 Å². The van der Waals surface area contributed by atoms with Crippen LogP contribution in [-0.2, 0) is 17.9 Å². The van der Waals surface area contributed by atoms with Gasteiger partial charge in [0.2, 0.25) is 6.41 Å². The van der Waals surface area contributed by atoms with Crippen LogP contribution < -0.4 is 5.32 Å². The highest BCUT2D eigenvalue weighted by Crippen LogP contribution is 2.11. The van der Waals surface area contributed by atoms with Crippen molar-refractivity contribution in [2.75, 3.05) is 14.1 Å². The molecule has 15 heavy (non-hydrogen) atoms. The number of hydrogen-bond donors (Lipinski definition) is 1. The van der Waals surface area contributed by atoms with Gasteiger partial charge in [0.15, 0.2) is 0 Å². The molecule has 0 saturated heterocycles. The predicted molar refractivity (Wildman–Crippen MR) is 56.7 cm³/mol. The fourth-order valence-electron chi connectivity index (χ4n) is 1.36. The van der Waals surface area contributed by atoms with Gasteiger partial charge in [0.25, 0.3) is 0 Å². The molecule has 1 amide bonds. The van der Waals surface area contributed by atoms with Gasteiger partial charge in [-0.2, -0.15) is 0 Å². The second kappa shape index (κ2) is 5.46. The van der Waals surface area contributed by atoms with E-state index in [4.69, 9.17) is 0 Å². The van der Waals surface area contributed by atoms with E-state index in [1.165, 1.54) is 6.07 Å². The standard InChI is InChI=1S/C11H15FN2O/c1-14(2)7-10-5-9(6-13-8-15)3-4-11(10)12/h3-5,8H,6-7H2,1-2H3,(H,13,15). The molecule has 0 aliphatic carbocycles. The van der Waals surface area contributed by atoms with E-state index in [1.54, 1.807) is 12.1 Å². The van der Waals surface area contributed by atoms with Crippen molar-refractivity contribution in [1.82, 2.24) is 10.2 Å². The van der Waals surface area contributed by atoms with Crippen LogP contribution in [0.1, 0.15) is 11.1 Å². The lowest BCUT2D eigenvalue weighted by Crippen LogP contribution is -2.14. The average molecular weight is 210 g/mol. The second-order valence-electron chi connectivity index (χ2n) is 3.66. The van der Waals surface area contributed by atoms with E-state index in [1.807, 2.05) is 19.0 Å². The summed E-state index contributed by atoms with van der Waals surface area (Å²) in [5.74, 6) is -0.210. The molecule has 0 unspecified atom stereocenters. The zero-order chi connectivity index (χ0) is 11.3. The molecule has 0 bridgehead atoms. The molecule has 0 heterocycles. The Morgan fingerprint density at radius 1 is 1.47 bits per heavy atom. The summed E-state index contributed by atoms with van der Waals surface area (Å²) in [6, 6.07) is 4.87. The lowest BCUT2D eigenvalue weighted by molar-refractivity contribution is -0.109. The maximum absolute atomic E-state index is 13.3. The summed E-state index contributed by atoms with van der Waals surface area (Å²) in [5.41, 5.74) is 1.55. The van der Waals surface area contributed by atoms with Crippen LogP contribution in [0.5, 0.6) is 0 Å². The first-order valence-corrected chi connectivity index (χ1v) is 4.72. The molecule has 0 radical (unpaired) electrons. The molecule has 0 atom stereocenters. The van der Waals surface area contributed by atoms with E-state index in [2.05, 4.69) is 5.32 Å². The third kappa shape index (κ3) is 3.67. The van der Waals surface area contributed by atoms with Crippen LogP contribution in [-0.4, -0.2) is 25.4 Å². The summed E-state index contributed by atoms with van der Waals surface area (Å²) in [6.07, 6.45) is 0.634. The monoisotopic (exact) mass is 210 g/mol. The van der Waals surface area contributed by atoms with Gasteiger partial charge in [-0.25, -0.2) is 4.39 Å². The predicted octanol–water partition coefficient (Wildman–Crippen LogP) is 1.13. The van der Waals surface area contributed by atoms with Crippen LogP contribution in [0.4, 0.5) is 4.39 Å². The minimum atomic E-state index is -0.210. The molecule has 82 valence electrons. The van der Waals surface area contributed by atoms with Crippen molar-refractivity contribution in [3.05, 3.63) is 35.1 Å². The number of carbonyl (C=O) groups is 1. The van der Waals surface area contributed by atoms with Crippen LogP contribution in [0.15, 0.2) is 18.2 Å². The van der Waals surface area contributed by atoms with Crippen molar-refractivity contribution in [3.63, 3.8) is 0 Å². The number of benzene rings is 1. The van der Waals surface area contributed by atoms with Gasteiger partial charge in [0, 0.05) is 18.7 Å². The topological polar surface area (TPSA) is 32.3 Å².